The molecule has 2 unspecified atom stereocenters. The largest absolute Gasteiger partial charge is 0.326 e. The molecule has 0 radical (unpaired) electrons. The minimum atomic E-state index is -0.261. The van der Waals surface area contributed by atoms with E-state index in [4.69, 9.17) is 10.6 Å². The summed E-state index contributed by atoms with van der Waals surface area (Å²) in [6.45, 7) is 1.87. The first kappa shape index (κ1) is 12.1. The second-order valence-electron chi connectivity index (χ2n) is 3.59. The molecule has 0 heterocycles. The standard InChI is InChI=1S/C11H17FN2O/c1-8(13)11(14(2)15-3)9-5-4-6-10(12)7-9/h4-8,11H,13H2,1-3H3. The number of benzene rings is 1. The lowest BCUT2D eigenvalue weighted by atomic mass is 10.0. The van der Waals surface area contributed by atoms with E-state index in [0.29, 0.717) is 0 Å². The van der Waals surface area contributed by atoms with E-state index >= 15 is 0 Å². The van der Waals surface area contributed by atoms with Crippen LogP contribution in [-0.4, -0.2) is 25.3 Å². The minimum absolute atomic E-state index is 0.142. The number of hydrogen-bond acceptors (Lipinski definition) is 3. The van der Waals surface area contributed by atoms with Crippen molar-refractivity contribution in [3.63, 3.8) is 0 Å². The van der Waals surface area contributed by atoms with Crippen LogP contribution in [0.4, 0.5) is 4.39 Å². The summed E-state index contributed by atoms with van der Waals surface area (Å²) in [6, 6.07) is 6.11. The van der Waals surface area contributed by atoms with Crippen molar-refractivity contribution in [3.8, 4) is 0 Å². The number of nitrogens with two attached hydrogens (primary N) is 1. The van der Waals surface area contributed by atoms with Crippen molar-refractivity contribution in [3.05, 3.63) is 35.6 Å². The van der Waals surface area contributed by atoms with Crippen LogP contribution in [0.5, 0.6) is 0 Å². The lowest BCUT2D eigenvalue weighted by molar-refractivity contribution is -0.146. The first-order valence-electron chi connectivity index (χ1n) is 4.84. The van der Waals surface area contributed by atoms with Crippen molar-refractivity contribution in [1.82, 2.24) is 5.06 Å². The van der Waals surface area contributed by atoms with Gasteiger partial charge in [-0.25, -0.2) is 4.39 Å². The summed E-state index contributed by atoms with van der Waals surface area (Å²) >= 11 is 0. The van der Waals surface area contributed by atoms with E-state index in [1.807, 2.05) is 13.0 Å². The molecular formula is C11H17FN2O. The quantitative estimate of drug-likeness (QED) is 0.772. The molecule has 2 N–H and O–H groups in total. The first-order valence-corrected chi connectivity index (χ1v) is 4.84. The molecule has 0 spiro atoms. The number of halogens is 1. The van der Waals surface area contributed by atoms with Crippen molar-refractivity contribution in [2.45, 2.75) is 19.0 Å². The van der Waals surface area contributed by atoms with E-state index in [0.717, 1.165) is 5.56 Å². The Morgan fingerprint density at radius 2 is 2.13 bits per heavy atom. The Morgan fingerprint density at radius 1 is 1.47 bits per heavy atom. The van der Waals surface area contributed by atoms with E-state index < -0.39 is 0 Å². The Bertz CT molecular complexity index is 317. The van der Waals surface area contributed by atoms with E-state index in [-0.39, 0.29) is 17.9 Å². The van der Waals surface area contributed by atoms with Crippen LogP contribution in [0.15, 0.2) is 24.3 Å². The summed E-state index contributed by atoms with van der Waals surface area (Å²) in [5.74, 6) is -0.261. The van der Waals surface area contributed by atoms with Crippen LogP contribution in [0.25, 0.3) is 0 Å². The topological polar surface area (TPSA) is 38.5 Å². The third-order valence-corrected chi connectivity index (χ3v) is 2.37. The summed E-state index contributed by atoms with van der Waals surface area (Å²) in [5.41, 5.74) is 6.67. The maximum absolute atomic E-state index is 13.1. The third kappa shape index (κ3) is 2.99. The maximum atomic E-state index is 13.1. The molecule has 0 aliphatic carbocycles. The Kier molecular flexibility index (Phi) is 4.20. The number of hydroxylamine groups is 2. The molecule has 4 heteroatoms. The van der Waals surface area contributed by atoms with Crippen LogP contribution >= 0.6 is 0 Å². The van der Waals surface area contributed by atoms with Gasteiger partial charge in [0.25, 0.3) is 0 Å². The van der Waals surface area contributed by atoms with Crippen LogP contribution in [0.2, 0.25) is 0 Å². The monoisotopic (exact) mass is 212 g/mol. The zero-order valence-electron chi connectivity index (χ0n) is 9.27. The molecule has 1 aromatic carbocycles. The lowest BCUT2D eigenvalue weighted by Crippen LogP contribution is -2.36. The fourth-order valence-corrected chi connectivity index (χ4v) is 1.65. The Labute approximate surface area is 89.6 Å². The van der Waals surface area contributed by atoms with Crippen molar-refractivity contribution >= 4 is 0 Å². The summed E-state index contributed by atoms with van der Waals surface area (Å²) in [7, 11) is 3.34. The molecule has 0 aliphatic heterocycles. The molecular weight excluding hydrogens is 195 g/mol. The Morgan fingerprint density at radius 3 is 2.60 bits per heavy atom. The smallest absolute Gasteiger partial charge is 0.123 e. The summed E-state index contributed by atoms with van der Waals surface area (Å²) in [5, 5.41) is 1.62. The van der Waals surface area contributed by atoms with Crippen LogP contribution in [0, 0.1) is 5.82 Å². The van der Waals surface area contributed by atoms with Crippen molar-refractivity contribution in [2.75, 3.05) is 14.2 Å². The third-order valence-electron chi connectivity index (χ3n) is 2.37. The van der Waals surface area contributed by atoms with E-state index in [1.165, 1.54) is 12.1 Å². The average Bonchev–Trinajstić information content (AvgIpc) is 2.17. The van der Waals surface area contributed by atoms with Gasteiger partial charge in [-0.3, -0.25) is 0 Å². The highest BCUT2D eigenvalue weighted by molar-refractivity contribution is 5.21. The minimum Gasteiger partial charge on any atom is -0.326 e. The molecule has 0 saturated carbocycles. The van der Waals surface area contributed by atoms with Gasteiger partial charge in [-0.05, 0) is 24.6 Å². The van der Waals surface area contributed by atoms with Crippen molar-refractivity contribution in [2.24, 2.45) is 5.73 Å². The summed E-state index contributed by atoms with van der Waals surface area (Å²) in [4.78, 5) is 5.10. The number of nitrogens with zero attached hydrogens (tertiary/aromatic N) is 1. The van der Waals surface area contributed by atoms with Gasteiger partial charge in [0.05, 0.1) is 13.2 Å². The van der Waals surface area contributed by atoms with Gasteiger partial charge in [0.15, 0.2) is 0 Å². The normalized spacial score (nSPS) is 15.3. The second kappa shape index (κ2) is 5.21. The van der Waals surface area contributed by atoms with Crippen LogP contribution in [0.3, 0.4) is 0 Å². The molecule has 0 amide bonds. The Balaban J connectivity index is 2.99. The number of hydrogen-bond donors (Lipinski definition) is 1. The molecule has 84 valence electrons. The summed E-state index contributed by atoms with van der Waals surface area (Å²) in [6.07, 6.45) is 0. The van der Waals surface area contributed by atoms with Crippen LogP contribution < -0.4 is 5.73 Å². The van der Waals surface area contributed by atoms with Gasteiger partial charge in [-0.15, -0.1) is 0 Å². The van der Waals surface area contributed by atoms with Crippen LogP contribution in [-0.2, 0) is 4.84 Å². The molecule has 15 heavy (non-hydrogen) atoms. The second-order valence-corrected chi connectivity index (χ2v) is 3.59. The average molecular weight is 212 g/mol. The van der Waals surface area contributed by atoms with Crippen molar-refractivity contribution < 1.29 is 9.23 Å². The molecule has 0 aliphatic rings. The highest BCUT2D eigenvalue weighted by atomic mass is 19.1. The van der Waals surface area contributed by atoms with E-state index in [2.05, 4.69) is 0 Å². The fraction of sp³-hybridized carbons (Fsp3) is 0.455. The molecule has 0 aromatic heterocycles. The fourth-order valence-electron chi connectivity index (χ4n) is 1.65. The van der Waals surface area contributed by atoms with E-state index in [9.17, 15) is 4.39 Å². The SMILES string of the molecule is CON(C)C(c1cccc(F)c1)C(C)N. The van der Waals surface area contributed by atoms with Gasteiger partial charge in [0.2, 0.25) is 0 Å². The van der Waals surface area contributed by atoms with Crippen molar-refractivity contribution in [1.29, 1.82) is 0 Å². The zero-order valence-corrected chi connectivity index (χ0v) is 9.27. The molecule has 3 nitrogen and oxygen atoms in total. The van der Waals surface area contributed by atoms with Gasteiger partial charge in [-0.2, -0.15) is 5.06 Å². The van der Waals surface area contributed by atoms with Crippen LogP contribution in [0.1, 0.15) is 18.5 Å². The van der Waals surface area contributed by atoms with Gasteiger partial charge >= 0.3 is 0 Å². The predicted octanol–water partition coefficient (Wildman–Crippen LogP) is 1.71. The predicted molar refractivity (Wildman–Crippen MR) is 57.6 cm³/mol. The maximum Gasteiger partial charge on any atom is 0.123 e. The van der Waals surface area contributed by atoms with Gasteiger partial charge < -0.3 is 10.6 Å². The van der Waals surface area contributed by atoms with Gasteiger partial charge in [0.1, 0.15) is 5.82 Å². The summed E-state index contributed by atoms with van der Waals surface area (Å²) < 4.78 is 13.1. The highest BCUT2D eigenvalue weighted by Crippen LogP contribution is 2.22. The highest BCUT2D eigenvalue weighted by Gasteiger charge is 2.21. The van der Waals surface area contributed by atoms with E-state index in [1.54, 1.807) is 25.3 Å². The Hall–Kier alpha value is -0.970. The zero-order chi connectivity index (χ0) is 11.4. The molecule has 0 bridgehead atoms. The molecule has 1 rings (SSSR count). The van der Waals surface area contributed by atoms with Gasteiger partial charge in [-0.1, -0.05) is 12.1 Å². The van der Waals surface area contributed by atoms with Gasteiger partial charge in [0, 0.05) is 13.1 Å². The molecule has 1 aromatic rings. The number of likely N-dealkylation sites (N-methyl/N-ethyl adjacent to an activating group) is 1. The lowest BCUT2D eigenvalue weighted by Gasteiger charge is -2.29. The molecule has 0 saturated heterocycles. The first-order chi connectivity index (χ1) is 7.06. The number of rotatable bonds is 4. The molecule has 0 fully saturated rings. The molecule has 2 atom stereocenters.